The fourth-order valence-corrected chi connectivity index (χ4v) is 1.55. The predicted molar refractivity (Wildman–Crippen MR) is 60.7 cm³/mol. The van der Waals surface area contributed by atoms with Crippen LogP contribution in [0.3, 0.4) is 0 Å². The fourth-order valence-electron chi connectivity index (χ4n) is 1.55. The molecule has 0 aromatic heterocycles. The molecule has 0 aliphatic heterocycles. The minimum absolute atomic E-state index is 0.0711. The van der Waals surface area contributed by atoms with Crippen LogP contribution in [0.15, 0.2) is 0 Å². The van der Waals surface area contributed by atoms with E-state index >= 15 is 0 Å². The molecule has 2 unspecified atom stereocenters. The van der Waals surface area contributed by atoms with Gasteiger partial charge in [0.1, 0.15) is 0 Å². The summed E-state index contributed by atoms with van der Waals surface area (Å²) in [5.41, 5.74) is 0. The minimum Gasteiger partial charge on any atom is -0.392 e. The van der Waals surface area contributed by atoms with Crippen molar-refractivity contribution in [2.24, 2.45) is 5.92 Å². The molecule has 0 aliphatic carbocycles. The lowest BCUT2D eigenvalue weighted by Gasteiger charge is -2.24. The smallest absolute Gasteiger partial charge is 0.171 e. The van der Waals surface area contributed by atoms with Crippen LogP contribution in [-0.2, 0) is 9.47 Å². The Balaban J connectivity index is 3.73. The van der Waals surface area contributed by atoms with Gasteiger partial charge in [-0.1, -0.05) is 13.8 Å². The zero-order chi connectivity index (χ0) is 11.8. The van der Waals surface area contributed by atoms with Gasteiger partial charge >= 0.3 is 0 Å². The monoisotopic (exact) mass is 219 g/mol. The Bertz CT molecular complexity index is 149. The number of aliphatic hydroxyl groups is 1. The summed E-state index contributed by atoms with van der Waals surface area (Å²) in [7, 11) is 3.22. The summed E-state index contributed by atoms with van der Waals surface area (Å²) in [5.74, 6) is 0.512. The van der Waals surface area contributed by atoms with Crippen molar-refractivity contribution in [2.75, 3.05) is 20.8 Å². The van der Waals surface area contributed by atoms with Crippen molar-refractivity contribution in [3.05, 3.63) is 0 Å². The maximum Gasteiger partial charge on any atom is 0.171 e. The van der Waals surface area contributed by atoms with E-state index in [1.807, 2.05) is 6.92 Å². The zero-order valence-corrected chi connectivity index (χ0v) is 10.5. The number of hydrogen-bond donors (Lipinski definition) is 2. The van der Waals surface area contributed by atoms with Crippen LogP contribution in [0.2, 0.25) is 0 Å². The molecule has 0 aromatic carbocycles. The molecule has 0 rings (SSSR count). The van der Waals surface area contributed by atoms with Gasteiger partial charge in [-0.15, -0.1) is 0 Å². The molecule has 0 bridgehead atoms. The minimum atomic E-state index is -0.304. The highest BCUT2D eigenvalue weighted by Gasteiger charge is 2.16. The third-order valence-electron chi connectivity index (χ3n) is 2.29. The number of ether oxygens (including phenoxy) is 2. The summed E-state index contributed by atoms with van der Waals surface area (Å²) in [6.07, 6.45) is 0.239. The second-order valence-electron chi connectivity index (χ2n) is 4.32. The highest BCUT2D eigenvalue weighted by atomic mass is 16.7. The second kappa shape index (κ2) is 8.05. The first-order valence-corrected chi connectivity index (χ1v) is 5.48. The van der Waals surface area contributed by atoms with Crippen molar-refractivity contribution in [1.29, 1.82) is 0 Å². The largest absolute Gasteiger partial charge is 0.392 e. The molecular weight excluding hydrogens is 194 g/mol. The number of rotatable bonds is 8. The predicted octanol–water partition coefficient (Wildman–Crippen LogP) is 0.990. The maximum absolute atomic E-state index is 9.65. The van der Waals surface area contributed by atoms with Gasteiger partial charge in [0.05, 0.1) is 12.1 Å². The SMILES string of the molecule is COC(OC)C(C)NCC(O)CC(C)C. The van der Waals surface area contributed by atoms with E-state index in [9.17, 15) is 5.11 Å². The maximum atomic E-state index is 9.65. The molecule has 0 heterocycles. The van der Waals surface area contributed by atoms with E-state index in [1.54, 1.807) is 14.2 Å². The first kappa shape index (κ1) is 14.8. The molecule has 0 amide bonds. The van der Waals surface area contributed by atoms with Gasteiger partial charge in [-0.3, -0.25) is 0 Å². The highest BCUT2D eigenvalue weighted by molar-refractivity contribution is 4.68. The van der Waals surface area contributed by atoms with Crippen molar-refractivity contribution in [2.45, 2.75) is 45.6 Å². The molecule has 0 fully saturated rings. The third-order valence-corrected chi connectivity index (χ3v) is 2.29. The first-order valence-electron chi connectivity index (χ1n) is 5.48. The van der Waals surface area contributed by atoms with Crippen LogP contribution >= 0.6 is 0 Å². The number of aliphatic hydroxyl groups excluding tert-OH is 1. The standard InChI is InChI=1S/C11H25NO3/c1-8(2)6-10(13)7-12-9(3)11(14-4)15-5/h8-13H,6-7H2,1-5H3. The van der Waals surface area contributed by atoms with E-state index in [2.05, 4.69) is 19.2 Å². The summed E-state index contributed by atoms with van der Waals surface area (Å²) in [6, 6.07) is 0.0711. The van der Waals surface area contributed by atoms with Crippen molar-refractivity contribution in [3.8, 4) is 0 Å². The number of methoxy groups -OCH3 is 2. The van der Waals surface area contributed by atoms with Gasteiger partial charge in [-0.2, -0.15) is 0 Å². The number of hydrogen-bond acceptors (Lipinski definition) is 4. The van der Waals surface area contributed by atoms with E-state index < -0.39 is 0 Å². The zero-order valence-electron chi connectivity index (χ0n) is 10.5. The molecule has 0 radical (unpaired) electrons. The van der Waals surface area contributed by atoms with Crippen LogP contribution in [0, 0.1) is 5.92 Å². The molecule has 4 nitrogen and oxygen atoms in total. The molecule has 0 aliphatic rings. The van der Waals surface area contributed by atoms with Crippen LogP contribution in [-0.4, -0.2) is 44.3 Å². The van der Waals surface area contributed by atoms with E-state index in [-0.39, 0.29) is 18.4 Å². The Hall–Kier alpha value is -0.160. The van der Waals surface area contributed by atoms with E-state index in [1.165, 1.54) is 0 Å². The fraction of sp³-hybridized carbons (Fsp3) is 1.00. The average Bonchev–Trinajstić information content (AvgIpc) is 2.15. The topological polar surface area (TPSA) is 50.7 Å². The molecule has 2 N–H and O–H groups in total. The summed E-state index contributed by atoms with van der Waals surface area (Å²) in [5, 5.41) is 12.8. The summed E-state index contributed by atoms with van der Waals surface area (Å²) in [6.45, 7) is 6.74. The first-order chi connectivity index (χ1) is 7.01. The lowest BCUT2D eigenvalue weighted by Crippen LogP contribution is -2.43. The van der Waals surface area contributed by atoms with Gasteiger partial charge in [0.15, 0.2) is 6.29 Å². The lowest BCUT2D eigenvalue weighted by atomic mass is 10.1. The lowest BCUT2D eigenvalue weighted by molar-refractivity contribution is -0.120. The number of nitrogens with one attached hydrogen (secondary N) is 1. The summed E-state index contributed by atoms with van der Waals surface area (Å²) in [4.78, 5) is 0. The van der Waals surface area contributed by atoms with Gasteiger partial charge in [-0.05, 0) is 19.3 Å². The second-order valence-corrected chi connectivity index (χ2v) is 4.32. The van der Waals surface area contributed by atoms with Crippen LogP contribution in [0.4, 0.5) is 0 Å². The van der Waals surface area contributed by atoms with Crippen LogP contribution in [0.1, 0.15) is 27.2 Å². The molecule has 92 valence electrons. The van der Waals surface area contributed by atoms with E-state index in [0.717, 1.165) is 6.42 Å². The van der Waals surface area contributed by atoms with Crippen molar-refractivity contribution in [3.63, 3.8) is 0 Å². The normalized spacial score (nSPS) is 16.0. The Kier molecular flexibility index (Phi) is 7.96. The Morgan fingerprint density at radius 2 is 1.67 bits per heavy atom. The molecule has 0 saturated carbocycles. The molecule has 15 heavy (non-hydrogen) atoms. The van der Waals surface area contributed by atoms with Gasteiger partial charge < -0.3 is 19.9 Å². The molecule has 4 heteroatoms. The van der Waals surface area contributed by atoms with Gasteiger partial charge in [0.25, 0.3) is 0 Å². The van der Waals surface area contributed by atoms with Gasteiger partial charge in [0.2, 0.25) is 0 Å². The van der Waals surface area contributed by atoms with E-state index in [4.69, 9.17) is 9.47 Å². The molecule has 0 saturated heterocycles. The molecular formula is C11H25NO3. The van der Waals surface area contributed by atoms with Crippen LogP contribution < -0.4 is 5.32 Å². The van der Waals surface area contributed by atoms with Crippen molar-refractivity contribution in [1.82, 2.24) is 5.32 Å². The van der Waals surface area contributed by atoms with Gasteiger partial charge in [0, 0.05) is 20.8 Å². The molecule has 0 aromatic rings. The van der Waals surface area contributed by atoms with Crippen molar-refractivity contribution >= 4 is 0 Å². The Morgan fingerprint density at radius 3 is 2.07 bits per heavy atom. The summed E-state index contributed by atoms with van der Waals surface area (Å²) >= 11 is 0. The quantitative estimate of drug-likeness (QED) is 0.598. The summed E-state index contributed by atoms with van der Waals surface area (Å²) < 4.78 is 10.2. The van der Waals surface area contributed by atoms with Crippen LogP contribution in [0.25, 0.3) is 0 Å². The van der Waals surface area contributed by atoms with Crippen molar-refractivity contribution < 1.29 is 14.6 Å². The van der Waals surface area contributed by atoms with Gasteiger partial charge in [-0.25, -0.2) is 0 Å². The third kappa shape index (κ3) is 6.84. The average molecular weight is 219 g/mol. The van der Waals surface area contributed by atoms with E-state index in [0.29, 0.717) is 12.5 Å². The Morgan fingerprint density at radius 1 is 1.13 bits per heavy atom. The Labute approximate surface area is 93.0 Å². The molecule has 2 atom stereocenters. The highest BCUT2D eigenvalue weighted by Crippen LogP contribution is 2.04. The van der Waals surface area contributed by atoms with Crippen LogP contribution in [0.5, 0.6) is 0 Å². The molecule has 0 spiro atoms.